The van der Waals surface area contributed by atoms with Gasteiger partial charge in [0.25, 0.3) is 0 Å². The van der Waals surface area contributed by atoms with E-state index in [1.165, 1.54) is 199 Å². The summed E-state index contributed by atoms with van der Waals surface area (Å²) in [4.78, 5) is 12.4. The van der Waals surface area contributed by atoms with Crippen molar-refractivity contribution in [3.05, 3.63) is 12.2 Å². The molecule has 2 unspecified atom stereocenters. The third-order valence-electron chi connectivity index (χ3n) is 10.3. The molecule has 1 amide bonds. The van der Waals surface area contributed by atoms with Crippen LogP contribution in [0.15, 0.2) is 12.2 Å². The van der Waals surface area contributed by atoms with E-state index in [1.54, 1.807) is 6.08 Å². The molecule has 0 rings (SSSR count). The summed E-state index contributed by atoms with van der Waals surface area (Å²) < 4.78 is 0. The van der Waals surface area contributed by atoms with E-state index in [1.807, 2.05) is 6.08 Å². The average molecular weight is 678 g/mol. The molecule has 4 heteroatoms. The average Bonchev–Trinajstić information content (AvgIpc) is 3.09. The Morgan fingerprint density at radius 3 is 1.08 bits per heavy atom. The van der Waals surface area contributed by atoms with Crippen LogP contribution in [-0.2, 0) is 4.79 Å². The zero-order chi connectivity index (χ0) is 35.0. The second-order valence-electron chi connectivity index (χ2n) is 15.1. The Morgan fingerprint density at radius 1 is 0.479 bits per heavy atom. The Labute approximate surface area is 301 Å². The molecule has 0 radical (unpaired) electrons. The maximum atomic E-state index is 12.4. The molecule has 0 saturated carbocycles. The number of carbonyl (C=O) groups is 1. The minimum Gasteiger partial charge on any atom is -0.394 e. The third kappa shape index (κ3) is 36.4. The summed E-state index contributed by atoms with van der Waals surface area (Å²) >= 11 is 0. The number of unbranched alkanes of at least 4 members (excludes halogenated alkanes) is 33. The highest BCUT2D eigenvalue weighted by atomic mass is 16.3. The van der Waals surface area contributed by atoms with Gasteiger partial charge in [-0.2, -0.15) is 0 Å². The van der Waals surface area contributed by atoms with Crippen LogP contribution in [-0.4, -0.2) is 34.9 Å². The molecule has 48 heavy (non-hydrogen) atoms. The summed E-state index contributed by atoms with van der Waals surface area (Å²) in [6.07, 6.45) is 50.3. The fourth-order valence-corrected chi connectivity index (χ4v) is 6.89. The highest BCUT2D eigenvalue weighted by molar-refractivity contribution is 5.76. The maximum absolute atomic E-state index is 12.4. The van der Waals surface area contributed by atoms with Gasteiger partial charge in [-0.3, -0.25) is 4.79 Å². The molecule has 0 fully saturated rings. The Balaban J connectivity index is 3.52. The Kier molecular flexibility index (Phi) is 39.8. The molecule has 2 atom stereocenters. The minimum atomic E-state index is -0.833. The van der Waals surface area contributed by atoms with Crippen LogP contribution >= 0.6 is 0 Å². The first-order chi connectivity index (χ1) is 23.7. The van der Waals surface area contributed by atoms with Crippen molar-refractivity contribution in [1.29, 1.82) is 0 Å². The number of rotatable bonds is 40. The second-order valence-corrected chi connectivity index (χ2v) is 15.1. The monoisotopic (exact) mass is 678 g/mol. The van der Waals surface area contributed by atoms with E-state index in [0.717, 1.165) is 25.7 Å². The zero-order valence-corrected chi connectivity index (χ0v) is 32.8. The van der Waals surface area contributed by atoms with E-state index in [4.69, 9.17) is 0 Å². The lowest BCUT2D eigenvalue weighted by Gasteiger charge is -2.20. The van der Waals surface area contributed by atoms with Gasteiger partial charge in [0, 0.05) is 6.42 Å². The van der Waals surface area contributed by atoms with Gasteiger partial charge in [0.05, 0.1) is 18.8 Å². The Bertz CT molecular complexity index is 651. The number of carbonyl (C=O) groups excluding carboxylic acids is 1. The topological polar surface area (TPSA) is 69.6 Å². The van der Waals surface area contributed by atoms with E-state index in [0.29, 0.717) is 6.42 Å². The van der Waals surface area contributed by atoms with Crippen LogP contribution < -0.4 is 5.32 Å². The van der Waals surface area contributed by atoms with Crippen LogP contribution in [0.5, 0.6) is 0 Å². The van der Waals surface area contributed by atoms with E-state index >= 15 is 0 Å². The highest BCUT2D eigenvalue weighted by Gasteiger charge is 2.17. The molecule has 4 nitrogen and oxygen atoms in total. The number of amides is 1. The first-order valence-corrected chi connectivity index (χ1v) is 21.9. The van der Waals surface area contributed by atoms with Crippen molar-refractivity contribution in [1.82, 2.24) is 5.32 Å². The molecular weight excluding hydrogens is 590 g/mol. The fourth-order valence-electron chi connectivity index (χ4n) is 6.89. The number of hydrogen-bond acceptors (Lipinski definition) is 3. The predicted molar refractivity (Wildman–Crippen MR) is 212 cm³/mol. The van der Waals surface area contributed by atoms with Crippen LogP contribution in [0.3, 0.4) is 0 Å². The second kappa shape index (κ2) is 40.6. The number of aliphatic hydroxyl groups excluding tert-OH is 2. The first-order valence-electron chi connectivity index (χ1n) is 21.9. The smallest absolute Gasteiger partial charge is 0.220 e. The van der Waals surface area contributed by atoms with Crippen LogP contribution in [0.1, 0.15) is 245 Å². The minimum absolute atomic E-state index is 0.0594. The standard InChI is InChI=1S/C44H87NO3/c1-3-5-7-9-11-13-15-17-19-21-22-23-24-26-28-30-32-34-36-38-40-44(48)45-42(41-46)43(47)39-37-35-33-31-29-27-25-20-18-16-14-12-10-8-6-4-2/h37,39,42-43,46-47H,3-36,38,40-41H2,1-2H3,(H,45,48)/b39-37+. The largest absolute Gasteiger partial charge is 0.394 e. The van der Waals surface area contributed by atoms with Gasteiger partial charge in [-0.15, -0.1) is 0 Å². The fraction of sp³-hybridized carbons (Fsp3) is 0.932. The number of aliphatic hydroxyl groups is 2. The maximum Gasteiger partial charge on any atom is 0.220 e. The van der Waals surface area contributed by atoms with E-state index in [2.05, 4.69) is 19.2 Å². The van der Waals surface area contributed by atoms with Crippen molar-refractivity contribution in [3.63, 3.8) is 0 Å². The van der Waals surface area contributed by atoms with Crippen LogP contribution in [0.25, 0.3) is 0 Å². The first kappa shape index (κ1) is 47.1. The summed E-state index contributed by atoms with van der Waals surface area (Å²) in [6.45, 7) is 4.33. The van der Waals surface area contributed by atoms with Gasteiger partial charge in [-0.1, -0.05) is 231 Å². The van der Waals surface area contributed by atoms with Gasteiger partial charge in [0.15, 0.2) is 0 Å². The number of allylic oxidation sites excluding steroid dienone is 1. The molecule has 0 aliphatic heterocycles. The lowest BCUT2D eigenvalue weighted by Crippen LogP contribution is -2.45. The Hall–Kier alpha value is -0.870. The molecule has 0 aromatic heterocycles. The van der Waals surface area contributed by atoms with Gasteiger partial charge >= 0.3 is 0 Å². The molecule has 3 N–H and O–H groups in total. The highest BCUT2D eigenvalue weighted by Crippen LogP contribution is 2.16. The third-order valence-corrected chi connectivity index (χ3v) is 10.3. The van der Waals surface area contributed by atoms with E-state index in [9.17, 15) is 15.0 Å². The molecular formula is C44H87NO3. The van der Waals surface area contributed by atoms with Gasteiger partial charge in [0.1, 0.15) is 0 Å². The van der Waals surface area contributed by atoms with Crippen molar-refractivity contribution >= 4 is 5.91 Å². The summed E-state index contributed by atoms with van der Waals surface area (Å²) in [7, 11) is 0. The summed E-state index contributed by atoms with van der Waals surface area (Å²) in [5.41, 5.74) is 0. The molecule has 0 aliphatic rings. The summed E-state index contributed by atoms with van der Waals surface area (Å²) in [6, 6.07) is -0.616. The molecule has 0 saturated heterocycles. The van der Waals surface area contributed by atoms with E-state index < -0.39 is 12.1 Å². The number of hydrogen-bond donors (Lipinski definition) is 3. The Morgan fingerprint density at radius 2 is 0.771 bits per heavy atom. The molecule has 0 spiro atoms. The van der Waals surface area contributed by atoms with Crippen molar-refractivity contribution < 1.29 is 15.0 Å². The molecule has 286 valence electrons. The lowest BCUT2D eigenvalue weighted by molar-refractivity contribution is -0.123. The van der Waals surface area contributed by atoms with E-state index in [-0.39, 0.29) is 12.5 Å². The lowest BCUT2D eigenvalue weighted by atomic mass is 10.0. The molecule has 0 bridgehead atoms. The van der Waals surface area contributed by atoms with Gasteiger partial charge < -0.3 is 15.5 Å². The zero-order valence-electron chi connectivity index (χ0n) is 32.8. The van der Waals surface area contributed by atoms with Crippen LogP contribution in [0.2, 0.25) is 0 Å². The van der Waals surface area contributed by atoms with Crippen molar-refractivity contribution in [3.8, 4) is 0 Å². The van der Waals surface area contributed by atoms with Crippen molar-refractivity contribution in [2.45, 2.75) is 257 Å². The molecule has 0 heterocycles. The predicted octanol–water partition coefficient (Wildman–Crippen LogP) is 13.5. The molecule has 0 aromatic carbocycles. The SMILES string of the molecule is CCCCCCCCCCCCCCCC/C=C/C(O)C(CO)NC(=O)CCCCCCCCCCCCCCCCCCCCCC. The van der Waals surface area contributed by atoms with Gasteiger partial charge in [0.2, 0.25) is 5.91 Å². The quantitative estimate of drug-likeness (QED) is 0.0446. The normalized spacial score (nSPS) is 13.0. The van der Waals surface area contributed by atoms with Gasteiger partial charge in [-0.25, -0.2) is 0 Å². The van der Waals surface area contributed by atoms with Crippen LogP contribution in [0.4, 0.5) is 0 Å². The van der Waals surface area contributed by atoms with Gasteiger partial charge in [-0.05, 0) is 19.3 Å². The number of nitrogens with one attached hydrogen (secondary N) is 1. The summed E-state index contributed by atoms with van der Waals surface area (Å²) in [5.74, 6) is -0.0594. The van der Waals surface area contributed by atoms with Crippen LogP contribution in [0, 0.1) is 0 Å². The van der Waals surface area contributed by atoms with Crippen molar-refractivity contribution in [2.75, 3.05) is 6.61 Å². The molecule has 0 aromatic rings. The molecule has 0 aliphatic carbocycles. The van der Waals surface area contributed by atoms with Crippen molar-refractivity contribution in [2.24, 2.45) is 0 Å². The summed E-state index contributed by atoms with van der Waals surface area (Å²) in [5, 5.41) is 23.0.